The van der Waals surface area contributed by atoms with Gasteiger partial charge in [-0.05, 0) is 74.9 Å². The molecule has 1 atom stereocenters. The number of pyridine rings is 1. The lowest BCUT2D eigenvalue weighted by Gasteiger charge is -2.37. The molecule has 2 aromatic rings. The number of nitrogens with zero attached hydrogens (tertiary/aromatic N) is 4. The van der Waals surface area contributed by atoms with Gasteiger partial charge in [0, 0.05) is 56.9 Å². The molecule has 1 aromatic heterocycles. The molecule has 7 nitrogen and oxygen atoms in total. The smallest absolute Gasteiger partial charge is 0.253 e. The maximum absolute atomic E-state index is 13.2. The topological polar surface area (TPSA) is 66.0 Å². The minimum atomic E-state index is 0.0696. The van der Waals surface area contributed by atoms with E-state index in [1.807, 2.05) is 72.3 Å². The largest absolute Gasteiger partial charge is 0.491 e. The van der Waals surface area contributed by atoms with Crippen LogP contribution in [0, 0.1) is 11.3 Å². The average Bonchev–Trinajstić information content (AvgIpc) is 3.57. The lowest BCUT2D eigenvalue weighted by atomic mass is 9.90. The molecule has 1 spiro atoms. The van der Waals surface area contributed by atoms with Crippen LogP contribution in [0.3, 0.4) is 0 Å². The van der Waals surface area contributed by atoms with Crippen LogP contribution in [-0.4, -0.2) is 72.0 Å². The van der Waals surface area contributed by atoms with Gasteiger partial charge in [0.05, 0.1) is 6.10 Å². The van der Waals surface area contributed by atoms with Crippen LogP contribution in [0.2, 0.25) is 0 Å². The Hall–Kier alpha value is -3.09. The van der Waals surface area contributed by atoms with Crippen molar-refractivity contribution < 1.29 is 14.3 Å². The van der Waals surface area contributed by atoms with Crippen molar-refractivity contribution in [1.82, 2.24) is 14.8 Å². The summed E-state index contributed by atoms with van der Waals surface area (Å²) in [6.45, 7) is 8.58. The summed E-state index contributed by atoms with van der Waals surface area (Å²) >= 11 is 0. The molecule has 5 rings (SSSR count). The van der Waals surface area contributed by atoms with E-state index in [0.717, 1.165) is 70.1 Å². The maximum Gasteiger partial charge on any atom is 0.253 e. The predicted molar refractivity (Wildman–Crippen MR) is 131 cm³/mol. The summed E-state index contributed by atoms with van der Waals surface area (Å²) in [5.74, 6) is 2.26. The Morgan fingerprint density at radius 1 is 0.941 bits per heavy atom. The number of hydrogen-bond donors (Lipinski definition) is 0. The van der Waals surface area contributed by atoms with Crippen LogP contribution < -0.4 is 9.64 Å². The van der Waals surface area contributed by atoms with E-state index in [0.29, 0.717) is 11.5 Å². The minimum absolute atomic E-state index is 0.0696. The highest BCUT2D eigenvalue weighted by molar-refractivity contribution is 5.94. The molecule has 2 amide bonds. The predicted octanol–water partition coefficient (Wildman–Crippen LogP) is 3.46. The first-order chi connectivity index (χ1) is 16.4. The number of rotatable bonds is 5. The Morgan fingerprint density at radius 2 is 1.65 bits per heavy atom. The van der Waals surface area contributed by atoms with Crippen molar-refractivity contribution in [2.45, 2.75) is 39.2 Å². The lowest BCUT2D eigenvalue weighted by Crippen LogP contribution is -2.50. The second-order valence-electron chi connectivity index (χ2n) is 10.1. The molecule has 7 heteroatoms. The highest BCUT2D eigenvalue weighted by Crippen LogP contribution is 2.60. The van der Waals surface area contributed by atoms with Crippen molar-refractivity contribution in [3.05, 3.63) is 54.2 Å². The molecule has 0 N–H and O–H groups in total. The third-order valence-electron chi connectivity index (χ3n) is 7.57. The first-order valence-electron chi connectivity index (χ1n) is 12.5. The Bertz CT molecular complexity index is 1010. The average molecular weight is 463 g/mol. The van der Waals surface area contributed by atoms with Crippen LogP contribution in [0.25, 0.3) is 0 Å². The van der Waals surface area contributed by atoms with E-state index in [9.17, 15) is 9.59 Å². The van der Waals surface area contributed by atoms with Gasteiger partial charge >= 0.3 is 0 Å². The zero-order valence-electron chi connectivity index (χ0n) is 20.2. The standard InChI is InChI=1S/C27H34N4O3/c1-20(2)34-22-8-6-21(7-9-22)25(32)30-13-10-27(11-14-30)19-23(27)26(33)31-17-15-29(16-18-31)24-5-3-4-12-28-24/h3-9,12,20,23H,10-11,13-19H2,1-2H3/t23-/m1/s1. The van der Waals surface area contributed by atoms with Crippen molar-refractivity contribution in [1.29, 1.82) is 0 Å². The van der Waals surface area contributed by atoms with Gasteiger partial charge in [0.15, 0.2) is 0 Å². The van der Waals surface area contributed by atoms with Crippen LogP contribution in [0.4, 0.5) is 5.82 Å². The number of amides is 2. The zero-order chi connectivity index (χ0) is 23.7. The Labute approximate surface area is 201 Å². The summed E-state index contributed by atoms with van der Waals surface area (Å²) in [6.07, 6.45) is 4.72. The molecule has 2 saturated heterocycles. The quantitative estimate of drug-likeness (QED) is 0.681. The number of ether oxygens (including phenoxy) is 1. The molecule has 180 valence electrons. The van der Waals surface area contributed by atoms with Gasteiger partial charge in [0.1, 0.15) is 11.6 Å². The number of piperidine rings is 1. The van der Waals surface area contributed by atoms with Crippen LogP contribution in [-0.2, 0) is 4.79 Å². The number of benzene rings is 1. The second kappa shape index (κ2) is 9.28. The van der Waals surface area contributed by atoms with Gasteiger partial charge < -0.3 is 19.4 Å². The number of carbonyl (C=O) groups excluding carboxylic acids is 2. The van der Waals surface area contributed by atoms with Crippen molar-refractivity contribution in [2.24, 2.45) is 11.3 Å². The van der Waals surface area contributed by atoms with E-state index in [-0.39, 0.29) is 23.3 Å². The lowest BCUT2D eigenvalue weighted by molar-refractivity contribution is -0.134. The molecule has 1 saturated carbocycles. The molecule has 2 aliphatic heterocycles. The van der Waals surface area contributed by atoms with Crippen molar-refractivity contribution in [3.8, 4) is 5.75 Å². The van der Waals surface area contributed by atoms with E-state index in [4.69, 9.17) is 4.74 Å². The van der Waals surface area contributed by atoms with E-state index >= 15 is 0 Å². The van der Waals surface area contributed by atoms with Crippen LogP contribution in [0.15, 0.2) is 48.7 Å². The number of aromatic nitrogens is 1. The Morgan fingerprint density at radius 3 is 2.26 bits per heavy atom. The van der Waals surface area contributed by atoms with Gasteiger partial charge in [-0.3, -0.25) is 9.59 Å². The molecule has 0 unspecified atom stereocenters. The van der Waals surface area contributed by atoms with Crippen molar-refractivity contribution >= 4 is 17.6 Å². The summed E-state index contributed by atoms with van der Waals surface area (Å²) in [7, 11) is 0. The molecule has 3 heterocycles. The van der Waals surface area contributed by atoms with E-state index in [1.54, 1.807) is 0 Å². The van der Waals surface area contributed by atoms with E-state index < -0.39 is 0 Å². The SMILES string of the molecule is CC(C)Oc1ccc(C(=O)N2CCC3(CC2)C[C@@H]3C(=O)N2CCN(c3ccccn3)CC2)cc1. The molecule has 3 fully saturated rings. The van der Waals surface area contributed by atoms with E-state index in [1.165, 1.54) is 0 Å². The van der Waals surface area contributed by atoms with Crippen molar-refractivity contribution in [3.63, 3.8) is 0 Å². The number of likely N-dealkylation sites (tertiary alicyclic amines) is 1. The van der Waals surface area contributed by atoms with Gasteiger partial charge in [-0.2, -0.15) is 0 Å². The summed E-state index contributed by atoms with van der Waals surface area (Å²) in [5, 5.41) is 0. The van der Waals surface area contributed by atoms with Gasteiger partial charge in [0.25, 0.3) is 5.91 Å². The summed E-state index contributed by atoms with van der Waals surface area (Å²) in [4.78, 5) is 36.9. The molecule has 1 aliphatic carbocycles. The third kappa shape index (κ3) is 4.61. The molecule has 0 radical (unpaired) electrons. The van der Waals surface area contributed by atoms with Gasteiger partial charge in [-0.25, -0.2) is 4.98 Å². The number of piperazine rings is 1. The number of carbonyl (C=O) groups is 2. The highest BCUT2D eigenvalue weighted by Gasteiger charge is 2.59. The molecule has 0 bridgehead atoms. The first kappa shape index (κ1) is 22.7. The Kier molecular flexibility index (Phi) is 6.19. The molecule has 34 heavy (non-hydrogen) atoms. The van der Waals surface area contributed by atoms with Crippen LogP contribution in [0.1, 0.15) is 43.5 Å². The minimum Gasteiger partial charge on any atom is -0.491 e. The van der Waals surface area contributed by atoms with Crippen molar-refractivity contribution in [2.75, 3.05) is 44.2 Å². The molecular formula is C27H34N4O3. The Balaban J connectivity index is 1.11. The highest BCUT2D eigenvalue weighted by atomic mass is 16.5. The molecular weight excluding hydrogens is 428 g/mol. The fourth-order valence-electron chi connectivity index (χ4n) is 5.45. The van der Waals surface area contributed by atoms with Gasteiger partial charge in [-0.15, -0.1) is 0 Å². The zero-order valence-corrected chi connectivity index (χ0v) is 20.2. The summed E-state index contributed by atoms with van der Waals surface area (Å²) in [6, 6.07) is 13.4. The summed E-state index contributed by atoms with van der Waals surface area (Å²) in [5.41, 5.74) is 0.794. The monoisotopic (exact) mass is 462 g/mol. The summed E-state index contributed by atoms with van der Waals surface area (Å²) < 4.78 is 5.68. The van der Waals surface area contributed by atoms with Crippen LogP contribution in [0.5, 0.6) is 5.75 Å². The number of anilines is 1. The fourth-order valence-corrected chi connectivity index (χ4v) is 5.45. The van der Waals surface area contributed by atoms with Gasteiger partial charge in [0.2, 0.25) is 5.91 Å². The maximum atomic E-state index is 13.2. The first-order valence-corrected chi connectivity index (χ1v) is 12.5. The third-order valence-corrected chi connectivity index (χ3v) is 7.57. The van der Waals surface area contributed by atoms with Gasteiger partial charge in [-0.1, -0.05) is 6.07 Å². The molecule has 3 aliphatic rings. The molecule has 1 aromatic carbocycles. The fraction of sp³-hybridized carbons (Fsp3) is 0.519. The van der Waals surface area contributed by atoms with Crippen LogP contribution >= 0.6 is 0 Å². The number of hydrogen-bond acceptors (Lipinski definition) is 5. The normalized spacial score (nSPS) is 21.6. The second-order valence-corrected chi connectivity index (χ2v) is 10.1. The van der Waals surface area contributed by atoms with E-state index in [2.05, 4.69) is 9.88 Å².